The van der Waals surface area contributed by atoms with Crippen molar-refractivity contribution in [2.75, 3.05) is 0 Å². The summed E-state index contributed by atoms with van der Waals surface area (Å²) in [7, 11) is -2.06. The molecule has 0 aliphatic carbocycles. The number of rotatable bonds is 6. The molecule has 0 rings (SSSR count). The predicted molar refractivity (Wildman–Crippen MR) is 62.2 cm³/mol. The summed E-state index contributed by atoms with van der Waals surface area (Å²) in [4.78, 5) is 0. The Hall–Kier alpha value is 0.617. The van der Waals surface area contributed by atoms with Crippen LogP contribution >= 0.6 is 15.3 Å². The average Bonchev–Trinajstić information content (AvgIpc) is 1.81. The zero-order chi connectivity index (χ0) is 10.5. The fraction of sp³-hybridized carbons (Fsp3) is 1.00. The monoisotopic (exact) mass is 268 g/mol. The van der Waals surface area contributed by atoms with Crippen LogP contribution in [-0.4, -0.2) is 19.4 Å². The van der Waals surface area contributed by atoms with Crippen LogP contribution in [0.3, 0.4) is 0 Å². The van der Waals surface area contributed by atoms with Gasteiger partial charge in [-0.3, -0.25) is 0 Å². The summed E-state index contributed by atoms with van der Waals surface area (Å²) < 4.78 is 11.6. The summed E-state index contributed by atoms with van der Waals surface area (Å²) >= 11 is 3.64. The molecule has 0 atom stereocenters. The van der Waals surface area contributed by atoms with Gasteiger partial charge in [0.2, 0.25) is 0 Å². The van der Waals surface area contributed by atoms with Gasteiger partial charge in [0.25, 0.3) is 0 Å². The van der Waals surface area contributed by atoms with Crippen molar-refractivity contribution >= 4 is 22.5 Å². The van der Waals surface area contributed by atoms with Crippen LogP contribution in [0.1, 0.15) is 41.0 Å². The fourth-order valence-electron chi connectivity index (χ4n) is 1.15. The maximum atomic E-state index is 5.82. The molecule has 0 aliphatic rings. The van der Waals surface area contributed by atoms with Crippen molar-refractivity contribution in [1.82, 2.24) is 0 Å². The molecule has 0 fully saturated rings. The number of halogens is 1. The Morgan fingerprint density at radius 2 is 1.46 bits per heavy atom. The van der Waals surface area contributed by atoms with Crippen molar-refractivity contribution in [1.29, 1.82) is 0 Å². The molecule has 0 amide bonds. The Bertz CT molecular complexity index is 130. The second kappa shape index (κ2) is 6.17. The Morgan fingerprint density at radius 3 is 1.69 bits per heavy atom. The maximum absolute atomic E-state index is 5.82. The van der Waals surface area contributed by atoms with Gasteiger partial charge < -0.3 is 8.85 Å². The predicted octanol–water partition coefficient (Wildman–Crippen LogP) is 3.58. The average molecular weight is 269 g/mol. The SMILES string of the molecule is CCC[Si](Br)(OC(C)C)OC(C)C. The van der Waals surface area contributed by atoms with E-state index in [-0.39, 0.29) is 12.2 Å². The van der Waals surface area contributed by atoms with E-state index in [2.05, 4.69) is 22.2 Å². The quantitative estimate of drug-likeness (QED) is 0.542. The van der Waals surface area contributed by atoms with Crippen molar-refractivity contribution in [3.8, 4) is 0 Å². The molecule has 0 saturated heterocycles. The molecule has 0 aromatic heterocycles. The highest BCUT2D eigenvalue weighted by molar-refractivity contribution is 9.25. The first-order valence-corrected chi connectivity index (χ1v) is 9.22. The number of hydrogen-bond donors (Lipinski definition) is 0. The van der Waals surface area contributed by atoms with Crippen LogP contribution in [0.25, 0.3) is 0 Å². The van der Waals surface area contributed by atoms with Crippen LogP contribution in [0.2, 0.25) is 6.04 Å². The lowest BCUT2D eigenvalue weighted by Gasteiger charge is -2.28. The Labute approximate surface area is 90.8 Å². The first-order chi connectivity index (χ1) is 5.89. The minimum Gasteiger partial charge on any atom is -0.384 e. The molecular weight excluding hydrogens is 248 g/mol. The van der Waals surface area contributed by atoms with Crippen LogP contribution in [0, 0.1) is 0 Å². The smallest absolute Gasteiger partial charge is 0.384 e. The zero-order valence-electron chi connectivity index (χ0n) is 9.26. The lowest BCUT2D eigenvalue weighted by atomic mass is 10.5. The van der Waals surface area contributed by atoms with Gasteiger partial charge in [-0.1, -0.05) is 28.6 Å². The van der Waals surface area contributed by atoms with Crippen LogP contribution in [0.4, 0.5) is 0 Å². The van der Waals surface area contributed by atoms with Crippen LogP contribution < -0.4 is 0 Å². The van der Waals surface area contributed by atoms with Crippen molar-refractivity contribution in [3.63, 3.8) is 0 Å². The molecule has 0 aromatic rings. The van der Waals surface area contributed by atoms with E-state index in [1.165, 1.54) is 0 Å². The topological polar surface area (TPSA) is 18.5 Å². The second-order valence-corrected chi connectivity index (χ2v) is 9.66. The van der Waals surface area contributed by atoms with Gasteiger partial charge in [0, 0.05) is 18.3 Å². The Morgan fingerprint density at radius 1 is 1.08 bits per heavy atom. The van der Waals surface area contributed by atoms with E-state index in [0.29, 0.717) is 0 Å². The third-order valence-electron chi connectivity index (χ3n) is 1.37. The minimum atomic E-state index is -2.06. The standard InChI is InChI=1S/C9H21BrO2Si/c1-6-7-13(10,11-8(2)3)12-9(4)5/h8-9H,6-7H2,1-5H3. The highest BCUT2D eigenvalue weighted by Crippen LogP contribution is 2.25. The fourth-order valence-corrected chi connectivity index (χ4v) is 6.88. The summed E-state index contributed by atoms with van der Waals surface area (Å²) in [6.07, 6.45) is 1.56. The molecule has 0 aliphatic heterocycles. The normalized spacial score (nSPS) is 12.9. The van der Waals surface area contributed by atoms with E-state index in [1.54, 1.807) is 0 Å². The summed E-state index contributed by atoms with van der Waals surface area (Å²) in [5, 5.41) is 0. The van der Waals surface area contributed by atoms with Gasteiger partial charge in [0.05, 0.1) is 0 Å². The van der Waals surface area contributed by atoms with E-state index in [4.69, 9.17) is 8.85 Å². The minimum absolute atomic E-state index is 0.233. The summed E-state index contributed by atoms with van der Waals surface area (Å²) in [6.45, 7) is 10.3. The van der Waals surface area contributed by atoms with Gasteiger partial charge in [0.15, 0.2) is 0 Å². The van der Waals surface area contributed by atoms with Crippen molar-refractivity contribution < 1.29 is 8.85 Å². The lowest BCUT2D eigenvalue weighted by molar-refractivity contribution is 0.124. The molecule has 0 radical (unpaired) electrons. The van der Waals surface area contributed by atoms with Gasteiger partial charge in [0.1, 0.15) is 0 Å². The van der Waals surface area contributed by atoms with Crippen molar-refractivity contribution in [2.45, 2.75) is 59.3 Å². The third kappa shape index (κ3) is 6.66. The molecule has 0 unspecified atom stereocenters. The van der Waals surface area contributed by atoms with Gasteiger partial charge in [-0.25, -0.2) is 0 Å². The number of hydrogen-bond acceptors (Lipinski definition) is 2. The van der Waals surface area contributed by atoms with E-state index in [9.17, 15) is 0 Å². The molecule has 13 heavy (non-hydrogen) atoms. The van der Waals surface area contributed by atoms with E-state index in [0.717, 1.165) is 12.5 Å². The van der Waals surface area contributed by atoms with Crippen molar-refractivity contribution in [3.05, 3.63) is 0 Å². The Kier molecular flexibility index (Phi) is 6.46. The molecule has 4 heteroatoms. The third-order valence-corrected chi connectivity index (χ3v) is 6.43. The van der Waals surface area contributed by atoms with Gasteiger partial charge >= 0.3 is 7.18 Å². The Balaban J connectivity index is 4.15. The van der Waals surface area contributed by atoms with Crippen LogP contribution in [-0.2, 0) is 8.85 Å². The first kappa shape index (κ1) is 13.6. The van der Waals surface area contributed by atoms with E-state index >= 15 is 0 Å². The maximum Gasteiger partial charge on any atom is 0.414 e. The second-order valence-electron chi connectivity index (χ2n) is 3.74. The molecule has 0 saturated carbocycles. The highest BCUT2D eigenvalue weighted by atomic mass is 79.9. The highest BCUT2D eigenvalue weighted by Gasteiger charge is 2.35. The molecule has 0 spiro atoms. The zero-order valence-corrected chi connectivity index (χ0v) is 11.8. The lowest BCUT2D eigenvalue weighted by Crippen LogP contribution is -2.39. The van der Waals surface area contributed by atoms with E-state index < -0.39 is 7.18 Å². The van der Waals surface area contributed by atoms with Crippen LogP contribution in [0.5, 0.6) is 0 Å². The molecular formula is C9H21BrO2Si. The largest absolute Gasteiger partial charge is 0.414 e. The first-order valence-electron chi connectivity index (χ1n) is 4.94. The van der Waals surface area contributed by atoms with Gasteiger partial charge in [-0.2, -0.15) is 0 Å². The van der Waals surface area contributed by atoms with Gasteiger partial charge in [-0.05, 0) is 27.7 Å². The summed E-state index contributed by atoms with van der Waals surface area (Å²) in [5.41, 5.74) is 0. The van der Waals surface area contributed by atoms with Crippen molar-refractivity contribution in [2.24, 2.45) is 0 Å². The summed E-state index contributed by atoms with van der Waals surface area (Å²) in [6, 6.07) is 1.00. The molecule has 0 heterocycles. The summed E-state index contributed by atoms with van der Waals surface area (Å²) in [5.74, 6) is 0. The van der Waals surface area contributed by atoms with Gasteiger partial charge in [-0.15, -0.1) is 0 Å². The molecule has 0 bridgehead atoms. The van der Waals surface area contributed by atoms with E-state index in [1.807, 2.05) is 27.7 Å². The molecule has 2 nitrogen and oxygen atoms in total. The molecule has 80 valence electrons. The molecule has 0 N–H and O–H groups in total. The molecule has 0 aromatic carbocycles. The van der Waals surface area contributed by atoms with Crippen LogP contribution in [0.15, 0.2) is 0 Å².